The van der Waals surface area contributed by atoms with Crippen molar-refractivity contribution in [2.24, 2.45) is 5.10 Å². The van der Waals surface area contributed by atoms with Crippen molar-refractivity contribution in [1.82, 2.24) is 5.01 Å². The van der Waals surface area contributed by atoms with E-state index in [2.05, 4.69) is 5.10 Å². The highest BCUT2D eigenvalue weighted by Gasteiger charge is 2.35. The number of fused-ring (bicyclic) bond motifs is 1. The molecule has 2 amide bonds. The van der Waals surface area contributed by atoms with E-state index in [0.717, 1.165) is 5.01 Å². The molecule has 0 radical (unpaired) electrons. The largest absolute Gasteiger partial charge is 0.504 e. The molecule has 0 saturated carbocycles. The molecule has 116 valence electrons. The van der Waals surface area contributed by atoms with Gasteiger partial charge in [0.2, 0.25) is 0 Å². The SMILES string of the molecule is CCOc1cc(C=NN2C(=O)c3ccccc3C2=O)ccc1O. The van der Waals surface area contributed by atoms with Crippen molar-refractivity contribution in [1.29, 1.82) is 0 Å². The molecule has 1 aliphatic heterocycles. The van der Waals surface area contributed by atoms with Crippen molar-refractivity contribution < 1.29 is 19.4 Å². The number of aromatic hydroxyl groups is 1. The number of carbonyl (C=O) groups is 2. The van der Waals surface area contributed by atoms with E-state index in [1.165, 1.54) is 12.3 Å². The molecule has 0 saturated heterocycles. The summed E-state index contributed by atoms with van der Waals surface area (Å²) in [7, 11) is 0. The van der Waals surface area contributed by atoms with Gasteiger partial charge in [0.25, 0.3) is 11.8 Å². The second-order valence-electron chi connectivity index (χ2n) is 4.87. The van der Waals surface area contributed by atoms with Gasteiger partial charge in [-0.3, -0.25) is 9.59 Å². The molecule has 23 heavy (non-hydrogen) atoms. The Hall–Kier alpha value is -3.15. The van der Waals surface area contributed by atoms with Crippen LogP contribution in [-0.4, -0.2) is 34.8 Å². The van der Waals surface area contributed by atoms with Crippen LogP contribution in [0.15, 0.2) is 47.6 Å². The van der Waals surface area contributed by atoms with Crippen molar-refractivity contribution in [2.45, 2.75) is 6.92 Å². The fourth-order valence-electron chi connectivity index (χ4n) is 2.29. The van der Waals surface area contributed by atoms with Crippen molar-refractivity contribution >= 4 is 18.0 Å². The van der Waals surface area contributed by atoms with Crippen LogP contribution in [0.3, 0.4) is 0 Å². The van der Waals surface area contributed by atoms with Crippen molar-refractivity contribution in [3.8, 4) is 11.5 Å². The third kappa shape index (κ3) is 2.66. The Morgan fingerprint density at radius 3 is 2.39 bits per heavy atom. The number of phenolic OH excluding ortho intramolecular Hbond substituents is 1. The van der Waals surface area contributed by atoms with Gasteiger partial charge in [-0.1, -0.05) is 12.1 Å². The van der Waals surface area contributed by atoms with Gasteiger partial charge in [-0.25, -0.2) is 0 Å². The molecule has 0 unspecified atom stereocenters. The molecular weight excluding hydrogens is 296 g/mol. The molecule has 6 heteroatoms. The minimum atomic E-state index is -0.453. The Kier molecular flexibility index (Phi) is 3.80. The van der Waals surface area contributed by atoms with Crippen LogP contribution in [-0.2, 0) is 0 Å². The standard InChI is InChI=1S/C17H14N2O4/c1-2-23-15-9-11(7-8-14(15)20)10-18-19-16(21)12-5-3-4-6-13(12)17(19)22/h3-10,20H,2H2,1H3. The maximum absolute atomic E-state index is 12.2. The van der Waals surface area contributed by atoms with Crippen LogP contribution in [0.4, 0.5) is 0 Å². The lowest BCUT2D eigenvalue weighted by Gasteiger charge is -2.07. The van der Waals surface area contributed by atoms with Gasteiger partial charge in [0.15, 0.2) is 11.5 Å². The summed E-state index contributed by atoms with van der Waals surface area (Å²) >= 11 is 0. The lowest BCUT2D eigenvalue weighted by atomic mass is 10.1. The van der Waals surface area contributed by atoms with E-state index >= 15 is 0 Å². The fraction of sp³-hybridized carbons (Fsp3) is 0.118. The number of carbonyl (C=O) groups excluding carboxylic acids is 2. The first-order valence-electron chi connectivity index (χ1n) is 7.09. The highest BCUT2D eigenvalue weighted by Crippen LogP contribution is 2.27. The fourth-order valence-corrected chi connectivity index (χ4v) is 2.29. The summed E-state index contributed by atoms with van der Waals surface area (Å²) in [6.45, 7) is 2.21. The number of rotatable bonds is 4. The smallest absolute Gasteiger partial charge is 0.282 e. The van der Waals surface area contributed by atoms with Crippen LogP contribution in [0, 0.1) is 0 Å². The highest BCUT2D eigenvalue weighted by molar-refractivity contribution is 6.21. The van der Waals surface area contributed by atoms with Gasteiger partial charge in [0, 0.05) is 0 Å². The number of imide groups is 1. The van der Waals surface area contributed by atoms with Gasteiger partial charge < -0.3 is 9.84 Å². The molecule has 2 aromatic rings. The van der Waals surface area contributed by atoms with Crippen LogP contribution in [0.2, 0.25) is 0 Å². The van der Waals surface area contributed by atoms with E-state index in [4.69, 9.17) is 4.74 Å². The quantitative estimate of drug-likeness (QED) is 0.695. The van der Waals surface area contributed by atoms with E-state index < -0.39 is 11.8 Å². The van der Waals surface area contributed by atoms with E-state index in [-0.39, 0.29) is 5.75 Å². The van der Waals surface area contributed by atoms with Gasteiger partial charge in [0.1, 0.15) is 0 Å². The highest BCUT2D eigenvalue weighted by atomic mass is 16.5. The lowest BCUT2D eigenvalue weighted by Crippen LogP contribution is -2.23. The molecule has 0 aliphatic carbocycles. The van der Waals surface area contributed by atoms with Crippen LogP contribution in [0.5, 0.6) is 11.5 Å². The number of hydrazone groups is 1. The molecule has 3 rings (SSSR count). The van der Waals surface area contributed by atoms with Crippen LogP contribution < -0.4 is 4.74 Å². The zero-order chi connectivity index (χ0) is 16.4. The second kappa shape index (κ2) is 5.92. The Bertz CT molecular complexity index is 779. The maximum Gasteiger partial charge on any atom is 0.282 e. The minimum Gasteiger partial charge on any atom is -0.504 e. The molecule has 1 heterocycles. The summed E-state index contributed by atoms with van der Waals surface area (Å²) in [6, 6.07) is 11.3. The number of ether oxygens (including phenoxy) is 1. The van der Waals surface area contributed by atoms with E-state index in [9.17, 15) is 14.7 Å². The summed E-state index contributed by atoms with van der Waals surface area (Å²) < 4.78 is 5.28. The lowest BCUT2D eigenvalue weighted by molar-refractivity contribution is 0.0660. The number of nitrogens with zero attached hydrogens (tertiary/aromatic N) is 2. The molecule has 6 nitrogen and oxygen atoms in total. The minimum absolute atomic E-state index is 0.0183. The summed E-state index contributed by atoms with van der Waals surface area (Å²) in [5.41, 5.74) is 1.29. The van der Waals surface area contributed by atoms with Gasteiger partial charge in [-0.05, 0) is 42.8 Å². The normalized spacial score (nSPS) is 13.7. The molecule has 0 aromatic heterocycles. The predicted molar refractivity (Wildman–Crippen MR) is 83.8 cm³/mol. The molecule has 0 spiro atoms. The Morgan fingerprint density at radius 2 is 1.78 bits per heavy atom. The number of amides is 2. The first-order chi connectivity index (χ1) is 11.1. The molecule has 0 atom stereocenters. The average Bonchev–Trinajstić information content (AvgIpc) is 2.80. The third-order valence-corrected chi connectivity index (χ3v) is 3.38. The molecule has 0 fully saturated rings. The molecule has 1 N–H and O–H groups in total. The summed E-state index contributed by atoms with van der Waals surface area (Å²) in [6.07, 6.45) is 1.38. The Labute approximate surface area is 132 Å². The van der Waals surface area contributed by atoms with Gasteiger partial charge in [-0.15, -0.1) is 0 Å². The molecule has 1 aliphatic rings. The van der Waals surface area contributed by atoms with Gasteiger partial charge in [-0.2, -0.15) is 10.1 Å². The summed E-state index contributed by atoms with van der Waals surface area (Å²) in [4.78, 5) is 24.4. The molecule has 0 bridgehead atoms. The summed E-state index contributed by atoms with van der Waals surface area (Å²) in [5.74, 6) is -0.570. The number of benzene rings is 2. The summed E-state index contributed by atoms with van der Waals surface area (Å²) in [5, 5.41) is 14.5. The first kappa shape index (κ1) is 14.8. The number of phenols is 1. The third-order valence-electron chi connectivity index (χ3n) is 3.38. The van der Waals surface area contributed by atoms with Crippen molar-refractivity contribution in [3.05, 3.63) is 59.2 Å². The van der Waals surface area contributed by atoms with Gasteiger partial charge >= 0.3 is 0 Å². The van der Waals surface area contributed by atoms with Crippen LogP contribution >= 0.6 is 0 Å². The zero-order valence-electron chi connectivity index (χ0n) is 12.4. The Morgan fingerprint density at radius 1 is 1.13 bits per heavy atom. The van der Waals surface area contributed by atoms with E-state index in [1.54, 1.807) is 43.3 Å². The van der Waals surface area contributed by atoms with Crippen molar-refractivity contribution in [2.75, 3.05) is 6.61 Å². The zero-order valence-corrected chi connectivity index (χ0v) is 12.4. The predicted octanol–water partition coefficient (Wildman–Crippen LogP) is 2.42. The van der Waals surface area contributed by atoms with Crippen molar-refractivity contribution in [3.63, 3.8) is 0 Å². The number of hydrogen-bond donors (Lipinski definition) is 1. The van der Waals surface area contributed by atoms with E-state index in [0.29, 0.717) is 29.0 Å². The Balaban J connectivity index is 1.86. The first-order valence-corrected chi connectivity index (χ1v) is 7.09. The van der Waals surface area contributed by atoms with Crippen LogP contribution in [0.25, 0.3) is 0 Å². The molecular formula is C17H14N2O4. The van der Waals surface area contributed by atoms with Gasteiger partial charge in [0.05, 0.1) is 23.9 Å². The molecule has 2 aromatic carbocycles. The topological polar surface area (TPSA) is 79.2 Å². The number of hydrogen-bond acceptors (Lipinski definition) is 5. The maximum atomic E-state index is 12.2. The second-order valence-corrected chi connectivity index (χ2v) is 4.87. The van der Waals surface area contributed by atoms with E-state index in [1.807, 2.05) is 0 Å². The van der Waals surface area contributed by atoms with Crippen LogP contribution in [0.1, 0.15) is 33.2 Å². The monoisotopic (exact) mass is 310 g/mol. The average molecular weight is 310 g/mol.